The van der Waals surface area contributed by atoms with E-state index in [1.165, 1.54) is 0 Å². The van der Waals surface area contributed by atoms with Gasteiger partial charge in [-0.1, -0.05) is 48.6 Å². The zero-order valence-corrected chi connectivity index (χ0v) is 9.64. The molecule has 2 heteroatoms. The molecule has 0 radical (unpaired) electrons. The third-order valence-corrected chi connectivity index (χ3v) is 2.03. The number of carbonyl (C=O) groups excluding carboxylic acids is 1. The number of hydrogen-bond acceptors (Lipinski definition) is 2. The Hall–Kier alpha value is -1.83. The molecule has 0 saturated heterocycles. The summed E-state index contributed by atoms with van der Waals surface area (Å²) in [5, 5.41) is 0. The van der Waals surface area contributed by atoms with Crippen LogP contribution in [0.5, 0.6) is 0 Å². The van der Waals surface area contributed by atoms with E-state index >= 15 is 0 Å². The molecule has 0 aliphatic rings. The summed E-state index contributed by atoms with van der Waals surface area (Å²) in [5.74, 6) is -0.264. The van der Waals surface area contributed by atoms with Crippen LogP contribution in [0.4, 0.5) is 0 Å². The van der Waals surface area contributed by atoms with Crippen molar-refractivity contribution in [1.82, 2.24) is 0 Å². The van der Waals surface area contributed by atoms with Gasteiger partial charge in [-0.3, -0.25) is 0 Å². The number of carbonyl (C=O) groups is 1. The molecule has 16 heavy (non-hydrogen) atoms. The van der Waals surface area contributed by atoms with Crippen LogP contribution in [-0.4, -0.2) is 12.6 Å². The maximum atomic E-state index is 11.3. The zero-order chi connectivity index (χ0) is 11.8. The van der Waals surface area contributed by atoms with Crippen LogP contribution < -0.4 is 0 Å². The Bertz CT molecular complexity index is 388. The Labute approximate surface area is 96.2 Å². The van der Waals surface area contributed by atoms with Crippen LogP contribution in [-0.2, 0) is 9.53 Å². The van der Waals surface area contributed by atoms with E-state index in [9.17, 15) is 4.79 Å². The van der Waals surface area contributed by atoms with Gasteiger partial charge in [-0.25, -0.2) is 4.79 Å². The van der Waals surface area contributed by atoms with Crippen LogP contribution in [0.1, 0.15) is 19.4 Å². The fraction of sp³-hybridized carbons (Fsp3) is 0.214. The second-order valence-corrected chi connectivity index (χ2v) is 3.34. The average molecular weight is 216 g/mol. The predicted octanol–water partition coefficient (Wildman–Crippen LogP) is 3.21. The summed E-state index contributed by atoms with van der Waals surface area (Å²) < 4.78 is 4.87. The molecule has 84 valence electrons. The minimum Gasteiger partial charge on any atom is -0.463 e. The molecule has 0 spiro atoms. The first-order chi connectivity index (χ1) is 7.74. The third kappa shape index (κ3) is 4.13. The van der Waals surface area contributed by atoms with Gasteiger partial charge >= 0.3 is 5.97 Å². The van der Waals surface area contributed by atoms with Crippen LogP contribution in [0.2, 0.25) is 0 Å². The lowest BCUT2D eigenvalue weighted by Crippen LogP contribution is -2.04. The molecule has 0 heterocycles. The lowest BCUT2D eigenvalue weighted by atomic mass is 10.2. The molecule has 0 N–H and O–H groups in total. The summed E-state index contributed by atoms with van der Waals surface area (Å²) in [5.41, 5.74) is 1.71. The average Bonchev–Trinajstić information content (AvgIpc) is 2.30. The molecule has 0 unspecified atom stereocenters. The molecule has 0 atom stereocenters. The van der Waals surface area contributed by atoms with Gasteiger partial charge in [0.2, 0.25) is 0 Å². The van der Waals surface area contributed by atoms with E-state index in [1.54, 1.807) is 19.9 Å². The normalized spacial score (nSPS) is 11.8. The van der Waals surface area contributed by atoms with E-state index in [1.807, 2.05) is 42.5 Å². The highest BCUT2D eigenvalue weighted by Gasteiger charge is 2.01. The van der Waals surface area contributed by atoms with Gasteiger partial charge in [0.1, 0.15) is 0 Å². The topological polar surface area (TPSA) is 26.3 Å². The van der Waals surface area contributed by atoms with E-state index in [2.05, 4.69) is 0 Å². The summed E-state index contributed by atoms with van der Waals surface area (Å²) in [6.07, 6.45) is 5.55. The summed E-state index contributed by atoms with van der Waals surface area (Å²) >= 11 is 0. The van der Waals surface area contributed by atoms with Crippen molar-refractivity contribution in [1.29, 1.82) is 0 Å². The minimum atomic E-state index is -0.264. The lowest BCUT2D eigenvalue weighted by molar-refractivity contribution is -0.138. The molecule has 0 aliphatic heterocycles. The summed E-state index contributed by atoms with van der Waals surface area (Å²) in [7, 11) is 0. The monoisotopic (exact) mass is 216 g/mol. The Morgan fingerprint density at radius 1 is 1.31 bits per heavy atom. The van der Waals surface area contributed by atoms with Crippen molar-refractivity contribution < 1.29 is 9.53 Å². The maximum Gasteiger partial charge on any atom is 0.333 e. The third-order valence-electron chi connectivity index (χ3n) is 2.03. The van der Waals surface area contributed by atoms with Crippen molar-refractivity contribution in [2.24, 2.45) is 0 Å². The summed E-state index contributed by atoms with van der Waals surface area (Å²) in [6.45, 7) is 3.95. The highest BCUT2D eigenvalue weighted by Crippen LogP contribution is 2.03. The standard InChI is InChI=1S/C14H16O2/c1-3-16-14(15)12(2)8-7-11-13-9-5-4-6-10-13/h4-11H,3H2,1-2H3/b11-7+,12-8-. The second-order valence-electron chi connectivity index (χ2n) is 3.34. The van der Waals surface area contributed by atoms with Crippen molar-refractivity contribution in [2.75, 3.05) is 6.61 Å². The van der Waals surface area contributed by atoms with Crippen LogP contribution in [0, 0.1) is 0 Å². The van der Waals surface area contributed by atoms with E-state index in [0.717, 1.165) is 5.56 Å². The Kier molecular flexibility index (Phi) is 5.06. The Balaban J connectivity index is 2.59. The molecule has 0 fully saturated rings. The second kappa shape index (κ2) is 6.62. The van der Waals surface area contributed by atoms with Crippen LogP contribution in [0.25, 0.3) is 6.08 Å². The van der Waals surface area contributed by atoms with Gasteiger partial charge in [0, 0.05) is 5.57 Å². The zero-order valence-electron chi connectivity index (χ0n) is 9.64. The Morgan fingerprint density at radius 2 is 2.00 bits per heavy atom. The van der Waals surface area contributed by atoms with Crippen molar-refractivity contribution >= 4 is 12.0 Å². The molecule has 1 rings (SSSR count). The van der Waals surface area contributed by atoms with Crippen molar-refractivity contribution in [3.05, 3.63) is 53.6 Å². The van der Waals surface area contributed by atoms with Crippen molar-refractivity contribution in [3.63, 3.8) is 0 Å². The molecule has 0 aliphatic carbocycles. The predicted molar refractivity (Wildman–Crippen MR) is 65.9 cm³/mol. The fourth-order valence-electron chi connectivity index (χ4n) is 1.18. The number of esters is 1. The molecule has 0 bridgehead atoms. The van der Waals surface area contributed by atoms with Crippen LogP contribution in [0.15, 0.2) is 48.1 Å². The molecule has 0 amide bonds. The van der Waals surface area contributed by atoms with E-state index < -0.39 is 0 Å². The van der Waals surface area contributed by atoms with Gasteiger partial charge < -0.3 is 4.74 Å². The Morgan fingerprint density at radius 3 is 2.62 bits per heavy atom. The van der Waals surface area contributed by atoms with E-state index in [-0.39, 0.29) is 5.97 Å². The number of ether oxygens (including phenoxy) is 1. The smallest absolute Gasteiger partial charge is 0.333 e. The van der Waals surface area contributed by atoms with E-state index in [4.69, 9.17) is 4.74 Å². The summed E-state index contributed by atoms with van der Waals surface area (Å²) in [4.78, 5) is 11.3. The van der Waals surface area contributed by atoms with Gasteiger partial charge in [-0.15, -0.1) is 0 Å². The molecule has 0 aromatic heterocycles. The van der Waals surface area contributed by atoms with Crippen molar-refractivity contribution in [3.8, 4) is 0 Å². The molecule has 2 nitrogen and oxygen atoms in total. The number of rotatable bonds is 4. The van der Waals surface area contributed by atoms with Gasteiger partial charge in [0.05, 0.1) is 6.61 Å². The highest BCUT2D eigenvalue weighted by molar-refractivity contribution is 5.88. The van der Waals surface area contributed by atoms with Gasteiger partial charge in [0.15, 0.2) is 0 Å². The van der Waals surface area contributed by atoms with Crippen LogP contribution >= 0.6 is 0 Å². The summed E-state index contributed by atoms with van der Waals surface area (Å²) in [6, 6.07) is 9.92. The van der Waals surface area contributed by atoms with E-state index in [0.29, 0.717) is 12.2 Å². The molecule has 1 aromatic rings. The maximum absolute atomic E-state index is 11.3. The minimum absolute atomic E-state index is 0.264. The van der Waals surface area contributed by atoms with Gasteiger partial charge in [0.25, 0.3) is 0 Å². The van der Waals surface area contributed by atoms with Crippen LogP contribution in [0.3, 0.4) is 0 Å². The van der Waals surface area contributed by atoms with Gasteiger partial charge in [-0.2, -0.15) is 0 Å². The molecular formula is C14H16O2. The first-order valence-electron chi connectivity index (χ1n) is 5.31. The first-order valence-corrected chi connectivity index (χ1v) is 5.31. The largest absolute Gasteiger partial charge is 0.463 e. The lowest BCUT2D eigenvalue weighted by Gasteiger charge is -1.99. The number of allylic oxidation sites excluding steroid dienone is 2. The quantitative estimate of drug-likeness (QED) is 0.439. The highest BCUT2D eigenvalue weighted by atomic mass is 16.5. The fourth-order valence-corrected chi connectivity index (χ4v) is 1.18. The molecular weight excluding hydrogens is 200 g/mol. The SMILES string of the molecule is CCOC(=O)/C(C)=C\C=C\c1ccccc1. The van der Waals surface area contributed by atoms with Gasteiger partial charge in [-0.05, 0) is 19.4 Å². The molecule has 0 saturated carbocycles. The van der Waals surface area contributed by atoms with Crippen molar-refractivity contribution in [2.45, 2.75) is 13.8 Å². The first kappa shape index (κ1) is 12.2. The number of hydrogen-bond donors (Lipinski definition) is 0. The number of benzene rings is 1. The molecule has 1 aromatic carbocycles.